The number of carbonyl (C=O) groups excluding carboxylic acids is 1. The van der Waals surface area contributed by atoms with Crippen molar-refractivity contribution in [3.8, 4) is 5.75 Å². The molecule has 1 N–H and O–H groups in total. The summed E-state index contributed by atoms with van der Waals surface area (Å²) in [6.45, 7) is 1.54. The van der Waals surface area contributed by atoms with E-state index in [-0.39, 0.29) is 5.91 Å². The van der Waals surface area contributed by atoms with Crippen LogP contribution in [0.5, 0.6) is 5.75 Å². The van der Waals surface area contributed by atoms with E-state index in [1.54, 1.807) is 18.3 Å². The zero-order valence-corrected chi connectivity index (χ0v) is 16.5. The lowest BCUT2D eigenvalue weighted by molar-refractivity contribution is -0.116. The summed E-state index contributed by atoms with van der Waals surface area (Å²) < 4.78 is 7.56. The molecule has 146 valence electrons. The van der Waals surface area contributed by atoms with Crippen LogP contribution in [-0.4, -0.2) is 22.3 Å². The van der Waals surface area contributed by atoms with Crippen LogP contribution in [0.3, 0.4) is 0 Å². The van der Waals surface area contributed by atoms with E-state index in [0.29, 0.717) is 24.7 Å². The lowest BCUT2D eigenvalue weighted by atomic mass is 10.1. The molecule has 1 aromatic heterocycles. The van der Waals surface area contributed by atoms with Gasteiger partial charge >= 0.3 is 0 Å². The standard InChI is InChI=1S/C23H20ClN3O2/c24-21-7-8-22-20(13-21)12-17(16-29-22)6-9-23(28)25-14-18-4-1-2-5-19(18)15-27-11-3-10-26-27/h1-13H,14-16H2,(H,25,28)/b9-6+. The Balaban J connectivity index is 1.37. The van der Waals surface area contributed by atoms with Gasteiger partial charge in [0.1, 0.15) is 12.4 Å². The first-order chi connectivity index (χ1) is 14.2. The Morgan fingerprint density at radius 3 is 2.90 bits per heavy atom. The third kappa shape index (κ3) is 4.95. The molecule has 0 bridgehead atoms. The van der Waals surface area contributed by atoms with Crippen LogP contribution in [0.25, 0.3) is 6.08 Å². The van der Waals surface area contributed by atoms with Crippen molar-refractivity contribution in [2.45, 2.75) is 13.1 Å². The molecule has 29 heavy (non-hydrogen) atoms. The number of hydrogen-bond acceptors (Lipinski definition) is 3. The molecule has 1 aliphatic heterocycles. The summed E-state index contributed by atoms with van der Waals surface area (Å²) in [5.74, 6) is 0.640. The zero-order valence-electron chi connectivity index (χ0n) is 15.7. The molecular weight excluding hydrogens is 386 g/mol. The van der Waals surface area contributed by atoms with Gasteiger partial charge in [-0.1, -0.05) is 41.9 Å². The minimum Gasteiger partial charge on any atom is -0.488 e. The summed E-state index contributed by atoms with van der Waals surface area (Å²) in [5.41, 5.74) is 4.01. The van der Waals surface area contributed by atoms with Crippen LogP contribution in [0.1, 0.15) is 16.7 Å². The average molecular weight is 406 g/mol. The highest BCUT2D eigenvalue weighted by molar-refractivity contribution is 6.30. The van der Waals surface area contributed by atoms with Crippen molar-refractivity contribution < 1.29 is 9.53 Å². The van der Waals surface area contributed by atoms with Gasteiger partial charge in [0.05, 0.1) is 6.54 Å². The van der Waals surface area contributed by atoms with E-state index in [1.807, 2.05) is 59.4 Å². The van der Waals surface area contributed by atoms with E-state index < -0.39 is 0 Å². The van der Waals surface area contributed by atoms with Crippen LogP contribution in [-0.2, 0) is 17.9 Å². The molecule has 3 aromatic rings. The minimum absolute atomic E-state index is 0.156. The van der Waals surface area contributed by atoms with E-state index >= 15 is 0 Å². The number of nitrogens with one attached hydrogen (secondary N) is 1. The first-order valence-corrected chi connectivity index (χ1v) is 9.68. The summed E-state index contributed by atoms with van der Waals surface area (Å²) in [7, 11) is 0. The third-order valence-electron chi connectivity index (χ3n) is 4.62. The van der Waals surface area contributed by atoms with Crippen molar-refractivity contribution in [3.63, 3.8) is 0 Å². The van der Waals surface area contributed by atoms with Gasteiger partial charge in [0, 0.05) is 35.6 Å². The highest BCUT2D eigenvalue weighted by atomic mass is 35.5. The number of nitrogens with zero attached hydrogens (tertiary/aromatic N) is 2. The second kappa shape index (κ2) is 8.80. The number of rotatable bonds is 6. The van der Waals surface area contributed by atoms with E-state index in [0.717, 1.165) is 28.0 Å². The van der Waals surface area contributed by atoms with Crippen LogP contribution in [0.4, 0.5) is 0 Å². The van der Waals surface area contributed by atoms with Gasteiger partial charge in [-0.15, -0.1) is 0 Å². The molecule has 0 saturated carbocycles. The topological polar surface area (TPSA) is 56.1 Å². The molecule has 0 radical (unpaired) electrons. The van der Waals surface area contributed by atoms with E-state index in [2.05, 4.69) is 10.4 Å². The Morgan fingerprint density at radius 1 is 1.21 bits per heavy atom. The van der Waals surface area contributed by atoms with Gasteiger partial charge in [-0.05, 0) is 47.0 Å². The van der Waals surface area contributed by atoms with Gasteiger partial charge in [-0.2, -0.15) is 5.10 Å². The Hall–Kier alpha value is -3.31. The normalized spacial score (nSPS) is 12.9. The molecular formula is C23H20ClN3O2. The van der Waals surface area contributed by atoms with Crippen LogP contribution < -0.4 is 10.1 Å². The largest absolute Gasteiger partial charge is 0.488 e. The van der Waals surface area contributed by atoms with Gasteiger partial charge in [0.2, 0.25) is 5.91 Å². The predicted octanol–water partition coefficient (Wildman–Crippen LogP) is 4.23. The molecule has 0 unspecified atom stereocenters. The van der Waals surface area contributed by atoms with Crippen molar-refractivity contribution in [1.82, 2.24) is 15.1 Å². The predicted molar refractivity (Wildman–Crippen MR) is 114 cm³/mol. The molecule has 1 amide bonds. The van der Waals surface area contributed by atoms with Gasteiger partial charge in [0.25, 0.3) is 0 Å². The fourth-order valence-electron chi connectivity index (χ4n) is 3.14. The molecule has 0 aliphatic carbocycles. The van der Waals surface area contributed by atoms with Crippen LogP contribution in [0, 0.1) is 0 Å². The first kappa shape index (κ1) is 19.0. The molecule has 6 heteroatoms. The fourth-order valence-corrected chi connectivity index (χ4v) is 3.32. The van der Waals surface area contributed by atoms with E-state index in [1.165, 1.54) is 6.08 Å². The molecule has 5 nitrogen and oxygen atoms in total. The minimum atomic E-state index is -0.156. The summed E-state index contributed by atoms with van der Waals surface area (Å²) in [4.78, 5) is 12.3. The number of aromatic nitrogens is 2. The average Bonchev–Trinajstić information content (AvgIpc) is 3.24. The SMILES string of the molecule is O=C(/C=C/C1=Cc2cc(Cl)ccc2OC1)NCc1ccccc1Cn1cccn1. The lowest BCUT2D eigenvalue weighted by Gasteiger charge is -2.16. The number of carbonyl (C=O) groups is 1. The Bertz CT molecular complexity index is 1070. The number of amides is 1. The lowest BCUT2D eigenvalue weighted by Crippen LogP contribution is -2.21. The highest BCUT2D eigenvalue weighted by Crippen LogP contribution is 2.29. The highest BCUT2D eigenvalue weighted by Gasteiger charge is 2.10. The smallest absolute Gasteiger partial charge is 0.244 e. The number of hydrogen-bond donors (Lipinski definition) is 1. The molecule has 2 aromatic carbocycles. The van der Waals surface area contributed by atoms with Crippen molar-refractivity contribution in [3.05, 3.63) is 100 Å². The quantitative estimate of drug-likeness (QED) is 0.624. The fraction of sp³-hybridized carbons (Fsp3) is 0.130. The maximum Gasteiger partial charge on any atom is 0.244 e. The maximum absolute atomic E-state index is 12.3. The molecule has 0 fully saturated rings. The Morgan fingerprint density at radius 2 is 2.07 bits per heavy atom. The number of fused-ring (bicyclic) bond motifs is 1. The summed E-state index contributed by atoms with van der Waals surface area (Å²) in [6, 6.07) is 15.4. The van der Waals surface area contributed by atoms with Crippen molar-refractivity contribution in [2.75, 3.05) is 6.61 Å². The number of benzene rings is 2. The third-order valence-corrected chi connectivity index (χ3v) is 4.85. The van der Waals surface area contributed by atoms with Gasteiger partial charge < -0.3 is 10.1 Å². The monoisotopic (exact) mass is 405 g/mol. The van der Waals surface area contributed by atoms with Crippen LogP contribution in [0.15, 0.2) is 78.6 Å². The molecule has 4 rings (SSSR count). The molecule has 2 heterocycles. The van der Waals surface area contributed by atoms with Crippen molar-refractivity contribution in [1.29, 1.82) is 0 Å². The van der Waals surface area contributed by atoms with Crippen molar-refractivity contribution in [2.24, 2.45) is 0 Å². The second-order valence-electron chi connectivity index (χ2n) is 6.71. The van der Waals surface area contributed by atoms with Crippen LogP contribution in [0.2, 0.25) is 5.02 Å². The molecule has 0 saturated heterocycles. The van der Waals surface area contributed by atoms with Gasteiger partial charge in [-0.25, -0.2) is 0 Å². The number of ether oxygens (including phenoxy) is 1. The second-order valence-corrected chi connectivity index (χ2v) is 7.15. The van der Waals surface area contributed by atoms with Gasteiger partial charge in [-0.3, -0.25) is 9.48 Å². The summed E-state index contributed by atoms with van der Waals surface area (Å²) in [6.07, 6.45) is 8.96. The number of halogens is 1. The van der Waals surface area contributed by atoms with E-state index in [9.17, 15) is 4.79 Å². The molecule has 1 aliphatic rings. The Labute approximate surface area is 174 Å². The van der Waals surface area contributed by atoms with Crippen molar-refractivity contribution >= 4 is 23.6 Å². The van der Waals surface area contributed by atoms with Gasteiger partial charge in [0.15, 0.2) is 0 Å². The van der Waals surface area contributed by atoms with Crippen LogP contribution >= 0.6 is 11.6 Å². The summed E-state index contributed by atoms with van der Waals surface area (Å²) >= 11 is 6.04. The molecule has 0 atom stereocenters. The Kier molecular flexibility index (Phi) is 5.77. The zero-order chi connectivity index (χ0) is 20.1. The first-order valence-electron chi connectivity index (χ1n) is 9.30. The summed E-state index contributed by atoms with van der Waals surface area (Å²) in [5, 5.41) is 7.84. The van der Waals surface area contributed by atoms with E-state index in [4.69, 9.17) is 16.3 Å². The maximum atomic E-state index is 12.3. The molecule has 0 spiro atoms.